The third kappa shape index (κ3) is 3.87. The Bertz CT molecular complexity index is 1250. The van der Waals surface area contributed by atoms with Gasteiger partial charge in [-0.3, -0.25) is 9.78 Å². The fourth-order valence-electron chi connectivity index (χ4n) is 5.39. The van der Waals surface area contributed by atoms with Crippen LogP contribution in [0.15, 0.2) is 41.3 Å². The maximum absolute atomic E-state index is 14.8. The summed E-state index contributed by atoms with van der Waals surface area (Å²) in [5.74, 6) is 1.28. The number of benzene rings is 1. The molecular weight excluding hydrogens is 423 g/mol. The van der Waals surface area contributed by atoms with E-state index in [0.29, 0.717) is 43.7 Å². The van der Waals surface area contributed by atoms with Crippen LogP contribution in [0.25, 0.3) is 10.9 Å². The van der Waals surface area contributed by atoms with Crippen molar-refractivity contribution in [2.45, 2.75) is 37.9 Å². The summed E-state index contributed by atoms with van der Waals surface area (Å²) < 4.78 is 27.7. The molecule has 1 saturated heterocycles. The zero-order chi connectivity index (χ0) is 22.4. The maximum Gasteiger partial charge on any atom is 0.251 e. The first kappa shape index (κ1) is 20.6. The van der Waals surface area contributed by atoms with Gasteiger partial charge in [0.25, 0.3) is 5.56 Å². The average molecular weight is 451 g/mol. The second kappa shape index (κ2) is 8.43. The Morgan fingerprint density at radius 1 is 1.09 bits per heavy atom. The highest BCUT2D eigenvalue weighted by Gasteiger charge is 2.31. The number of aromatic nitrogens is 2. The van der Waals surface area contributed by atoms with E-state index in [0.717, 1.165) is 54.8 Å². The van der Waals surface area contributed by atoms with E-state index < -0.39 is 0 Å². The summed E-state index contributed by atoms with van der Waals surface area (Å²) in [7, 11) is 0. The van der Waals surface area contributed by atoms with Crippen LogP contribution in [0, 0.1) is 5.82 Å². The minimum absolute atomic E-state index is 0.00947. The minimum Gasteiger partial charge on any atom is -0.486 e. The van der Waals surface area contributed by atoms with Gasteiger partial charge in [0, 0.05) is 49.3 Å². The first-order chi connectivity index (χ1) is 16.2. The van der Waals surface area contributed by atoms with Gasteiger partial charge >= 0.3 is 0 Å². The van der Waals surface area contributed by atoms with Crippen LogP contribution in [0.1, 0.15) is 30.0 Å². The predicted octanol–water partition coefficient (Wildman–Crippen LogP) is 2.66. The third-order valence-electron chi connectivity index (χ3n) is 7.07. The van der Waals surface area contributed by atoms with Crippen LogP contribution < -0.4 is 20.3 Å². The molecule has 1 atom stereocenters. The van der Waals surface area contributed by atoms with E-state index in [1.54, 1.807) is 29.0 Å². The van der Waals surface area contributed by atoms with Crippen LogP contribution >= 0.6 is 0 Å². The smallest absolute Gasteiger partial charge is 0.251 e. The lowest BCUT2D eigenvalue weighted by Gasteiger charge is -2.34. The molecular formula is C25H27FN4O3. The summed E-state index contributed by atoms with van der Waals surface area (Å²) >= 11 is 0. The molecule has 0 bridgehead atoms. The van der Waals surface area contributed by atoms with Crippen molar-refractivity contribution >= 4 is 10.9 Å². The predicted molar refractivity (Wildman–Crippen MR) is 122 cm³/mol. The molecule has 3 aromatic rings. The first-order valence-corrected chi connectivity index (χ1v) is 11.7. The summed E-state index contributed by atoms with van der Waals surface area (Å²) in [4.78, 5) is 19.2. The minimum atomic E-state index is -0.201. The number of hydrogen-bond acceptors (Lipinski definition) is 6. The molecule has 3 aliphatic heterocycles. The Morgan fingerprint density at radius 2 is 1.88 bits per heavy atom. The van der Waals surface area contributed by atoms with Gasteiger partial charge in [-0.2, -0.15) is 0 Å². The summed E-state index contributed by atoms with van der Waals surface area (Å²) in [5.41, 5.74) is 2.37. The van der Waals surface area contributed by atoms with Crippen molar-refractivity contribution in [1.82, 2.24) is 19.8 Å². The van der Waals surface area contributed by atoms with Gasteiger partial charge in [0.05, 0.1) is 17.4 Å². The summed E-state index contributed by atoms with van der Waals surface area (Å²) in [6.45, 7) is 5.05. The zero-order valence-electron chi connectivity index (χ0n) is 18.4. The average Bonchev–Trinajstić information content (AvgIpc) is 3.23. The Morgan fingerprint density at radius 3 is 2.73 bits per heavy atom. The van der Waals surface area contributed by atoms with Crippen molar-refractivity contribution in [1.29, 1.82) is 0 Å². The molecule has 7 nitrogen and oxygen atoms in total. The molecule has 5 heterocycles. The highest BCUT2D eigenvalue weighted by atomic mass is 19.1. The molecule has 33 heavy (non-hydrogen) atoms. The fraction of sp³-hybridized carbons (Fsp3) is 0.440. The van der Waals surface area contributed by atoms with Crippen molar-refractivity contribution in [3.63, 3.8) is 0 Å². The molecule has 0 radical (unpaired) electrons. The number of fused-ring (bicyclic) bond motifs is 1. The lowest BCUT2D eigenvalue weighted by atomic mass is 9.97. The van der Waals surface area contributed by atoms with Gasteiger partial charge in [0.1, 0.15) is 19.0 Å². The lowest BCUT2D eigenvalue weighted by Crippen LogP contribution is -2.43. The molecule has 0 spiro atoms. The summed E-state index contributed by atoms with van der Waals surface area (Å²) in [5, 5.41) is 4.55. The number of nitrogens with one attached hydrogen (secondary N) is 1. The Balaban J connectivity index is 1.06. The number of halogens is 1. The highest BCUT2D eigenvalue weighted by molar-refractivity contribution is 5.84. The molecule has 1 fully saturated rings. The van der Waals surface area contributed by atoms with Gasteiger partial charge in [0.15, 0.2) is 11.5 Å². The number of rotatable bonds is 5. The maximum atomic E-state index is 14.8. The number of piperidine rings is 1. The van der Waals surface area contributed by atoms with Crippen LogP contribution in [0.5, 0.6) is 11.5 Å². The van der Waals surface area contributed by atoms with Crippen molar-refractivity contribution in [3.8, 4) is 11.5 Å². The molecule has 1 aromatic carbocycles. The molecule has 1 N–H and O–H groups in total. The van der Waals surface area contributed by atoms with Crippen LogP contribution in [0.3, 0.4) is 0 Å². The van der Waals surface area contributed by atoms with E-state index in [2.05, 4.69) is 15.2 Å². The van der Waals surface area contributed by atoms with Crippen molar-refractivity contribution in [3.05, 3.63) is 64.0 Å². The first-order valence-electron chi connectivity index (χ1n) is 11.7. The molecule has 3 aliphatic rings. The van der Waals surface area contributed by atoms with Gasteiger partial charge in [0.2, 0.25) is 0 Å². The molecule has 172 valence electrons. The molecule has 2 aromatic heterocycles. The molecule has 0 aliphatic carbocycles. The zero-order valence-corrected chi connectivity index (χ0v) is 18.4. The van der Waals surface area contributed by atoms with E-state index in [-0.39, 0.29) is 17.3 Å². The Labute approximate surface area is 191 Å². The van der Waals surface area contributed by atoms with Gasteiger partial charge in [-0.05, 0) is 49.5 Å². The van der Waals surface area contributed by atoms with E-state index in [4.69, 9.17) is 9.47 Å². The topological polar surface area (TPSA) is 68.6 Å². The SMILES string of the molecule is O=c1ccc2ccc(F)c3c2n1CC3CN1CCC(NCc2cc3c(cn2)OCCO3)CC1. The van der Waals surface area contributed by atoms with Gasteiger partial charge < -0.3 is 24.3 Å². The van der Waals surface area contributed by atoms with Gasteiger partial charge in [-0.15, -0.1) is 0 Å². The summed E-state index contributed by atoms with van der Waals surface area (Å²) in [6, 6.07) is 9.05. The van der Waals surface area contributed by atoms with E-state index in [1.165, 1.54) is 6.07 Å². The third-order valence-corrected chi connectivity index (χ3v) is 7.07. The highest BCUT2D eigenvalue weighted by Crippen LogP contribution is 2.35. The fourth-order valence-corrected chi connectivity index (χ4v) is 5.39. The molecule has 1 unspecified atom stereocenters. The standard InChI is InChI=1S/C25H27FN4O3/c26-20-3-1-16-2-4-23(31)30-15-17(24(20)25(16)30)14-29-7-5-18(6-8-29)27-12-19-11-21-22(13-28-19)33-10-9-32-21/h1-4,11,13,17-18,27H,5-10,12,14-15H2. The number of likely N-dealkylation sites (tertiary alicyclic amines) is 1. The molecule has 0 amide bonds. The van der Waals surface area contributed by atoms with Crippen LogP contribution in [0.2, 0.25) is 0 Å². The molecule has 0 saturated carbocycles. The Hall–Kier alpha value is -2.97. The normalized spacial score (nSPS) is 20.5. The van der Waals surface area contributed by atoms with Crippen molar-refractivity contribution in [2.75, 3.05) is 32.8 Å². The number of nitrogens with zero attached hydrogens (tertiary/aromatic N) is 3. The van der Waals surface area contributed by atoms with Gasteiger partial charge in [-0.1, -0.05) is 0 Å². The van der Waals surface area contributed by atoms with Crippen LogP contribution in [-0.2, 0) is 13.1 Å². The van der Waals surface area contributed by atoms with E-state index >= 15 is 0 Å². The van der Waals surface area contributed by atoms with E-state index in [1.807, 2.05) is 6.07 Å². The number of pyridine rings is 2. The van der Waals surface area contributed by atoms with E-state index in [9.17, 15) is 9.18 Å². The monoisotopic (exact) mass is 450 g/mol. The number of ether oxygens (including phenoxy) is 2. The van der Waals surface area contributed by atoms with Crippen molar-refractivity contribution < 1.29 is 13.9 Å². The van der Waals surface area contributed by atoms with Crippen LogP contribution in [-0.4, -0.2) is 53.3 Å². The van der Waals surface area contributed by atoms with Crippen molar-refractivity contribution in [2.24, 2.45) is 0 Å². The Kier molecular flexibility index (Phi) is 5.27. The largest absolute Gasteiger partial charge is 0.486 e. The van der Waals surface area contributed by atoms with Crippen LogP contribution in [0.4, 0.5) is 4.39 Å². The quantitative estimate of drug-likeness (QED) is 0.645. The second-order valence-electron chi connectivity index (χ2n) is 9.15. The second-order valence-corrected chi connectivity index (χ2v) is 9.15. The lowest BCUT2D eigenvalue weighted by molar-refractivity contribution is 0.170. The molecule has 6 rings (SSSR count). The van der Waals surface area contributed by atoms with Gasteiger partial charge in [-0.25, -0.2) is 4.39 Å². The summed E-state index contributed by atoms with van der Waals surface area (Å²) in [6.07, 6.45) is 3.78. The molecule has 8 heteroatoms. The number of hydrogen-bond donors (Lipinski definition) is 1.